The van der Waals surface area contributed by atoms with Gasteiger partial charge in [-0.2, -0.15) is 0 Å². The van der Waals surface area contributed by atoms with Gasteiger partial charge in [0.25, 0.3) is 0 Å². The van der Waals surface area contributed by atoms with Gasteiger partial charge in [-0.25, -0.2) is 0 Å². The summed E-state index contributed by atoms with van der Waals surface area (Å²) in [6, 6.07) is 6.58. The van der Waals surface area contributed by atoms with Crippen LogP contribution in [0.25, 0.3) is 0 Å². The molecule has 0 aliphatic rings. The topological polar surface area (TPSA) is 0 Å². The van der Waals surface area contributed by atoms with E-state index in [0.717, 1.165) is 4.90 Å². The van der Waals surface area contributed by atoms with Crippen molar-refractivity contribution in [2.24, 2.45) is 0 Å². The SMILES string of the molecule is CCCCCCCc1ccc(S)c(C)c1. The highest BCUT2D eigenvalue weighted by Crippen LogP contribution is 2.16. The Bertz CT molecular complexity index is 291. The fraction of sp³-hybridized carbons (Fsp3) is 0.571. The number of thiol groups is 1. The highest BCUT2D eigenvalue weighted by atomic mass is 32.1. The second kappa shape index (κ2) is 6.95. The van der Waals surface area contributed by atoms with Gasteiger partial charge in [0.1, 0.15) is 0 Å². The van der Waals surface area contributed by atoms with Crippen molar-refractivity contribution < 1.29 is 0 Å². The summed E-state index contributed by atoms with van der Waals surface area (Å²) < 4.78 is 0. The molecule has 0 saturated heterocycles. The van der Waals surface area contributed by atoms with Crippen LogP contribution in [0.5, 0.6) is 0 Å². The molecule has 0 nitrogen and oxygen atoms in total. The lowest BCUT2D eigenvalue weighted by atomic mass is 10.0. The van der Waals surface area contributed by atoms with E-state index in [1.807, 2.05) is 0 Å². The van der Waals surface area contributed by atoms with Crippen LogP contribution in [0, 0.1) is 6.92 Å². The third kappa shape index (κ3) is 4.74. The molecule has 0 amide bonds. The molecular weight excluding hydrogens is 200 g/mol. The molecule has 0 bridgehead atoms. The van der Waals surface area contributed by atoms with Gasteiger partial charge in [0.2, 0.25) is 0 Å². The van der Waals surface area contributed by atoms with Crippen LogP contribution in [0.15, 0.2) is 23.1 Å². The molecule has 0 spiro atoms. The maximum Gasteiger partial charge on any atom is 0.00694 e. The van der Waals surface area contributed by atoms with Crippen LogP contribution in [0.4, 0.5) is 0 Å². The van der Waals surface area contributed by atoms with Crippen molar-refractivity contribution in [3.05, 3.63) is 29.3 Å². The van der Waals surface area contributed by atoms with E-state index in [1.165, 1.54) is 49.7 Å². The maximum absolute atomic E-state index is 4.38. The third-order valence-electron chi connectivity index (χ3n) is 2.83. The first-order chi connectivity index (χ1) is 7.24. The maximum atomic E-state index is 4.38. The molecule has 1 rings (SSSR count). The fourth-order valence-corrected chi connectivity index (χ4v) is 1.94. The molecule has 0 saturated carbocycles. The average molecular weight is 222 g/mol. The minimum atomic E-state index is 1.10. The molecule has 1 heteroatoms. The number of aryl methyl sites for hydroxylation is 2. The first-order valence-electron chi connectivity index (χ1n) is 6.02. The Kier molecular flexibility index (Phi) is 5.85. The van der Waals surface area contributed by atoms with Crippen LogP contribution in [0.3, 0.4) is 0 Å². The molecule has 1 aromatic rings. The molecule has 0 aromatic heterocycles. The van der Waals surface area contributed by atoms with E-state index in [2.05, 4.69) is 44.7 Å². The monoisotopic (exact) mass is 222 g/mol. The molecule has 1 aromatic carbocycles. The zero-order valence-electron chi connectivity index (χ0n) is 9.92. The summed E-state index contributed by atoms with van der Waals surface area (Å²) >= 11 is 4.38. The summed E-state index contributed by atoms with van der Waals surface area (Å²) in [4.78, 5) is 1.10. The summed E-state index contributed by atoms with van der Waals surface area (Å²) in [5.74, 6) is 0. The summed E-state index contributed by atoms with van der Waals surface area (Å²) in [5.41, 5.74) is 2.76. The minimum Gasteiger partial charge on any atom is -0.143 e. The van der Waals surface area contributed by atoms with E-state index in [-0.39, 0.29) is 0 Å². The fourth-order valence-electron chi connectivity index (χ4n) is 1.81. The van der Waals surface area contributed by atoms with Gasteiger partial charge in [-0.1, -0.05) is 44.7 Å². The van der Waals surface area contributed by atoms with Crippen molar-refractivity contribution in [2.75, 3.05) is 0 Å². The molecule has 0 radical (unpaired) electrons. The van der Waals surface area contributed by atoms with Crippen molar-refractivity contribution >= 4 is 12.6 Å². The Labute approximate surface area is 99.5 Å². The lowest BCUT2D eigenvalue weighted by Gasteiger charge is -2.04. The van der Waals surface area contributed by atoms with Crippen LogP contribution in [-0.4, -0.2) is 0 Å². The van der Waals surface area contributed by atoms with Crippen LogP contribution >= 0.6 is 12.6 Å². The van der Waals surface area contributed by atoms with Gasteiger partial charge in [0, 0.05) is 4.90 Å². The highest BCUT2D eigenvalue weighted by Gasteiger charge is 1.97. The first-order valence-corrected chi connectivity index (χ1v) is 6.47. The van der Waals surface area contributed by atoms with Crippen molar-refractivity contribution in [1.82, 2.24) is 0 Å². The summed E-state index contributed by atoms with van der Waals surface area (Å²) in [6.07, 6.45) is 8.02. The molecule has 0 N–H and O–H groups in total. The van der Waals surface area contributed by atoms with Crippen molar-refractivity contribution in [3.63, 3.8) is 0 Å². The van der Waals surface area contributed by atoms with Gasteiger partial charge < -0.3 is 0 Å². The molecular formula is C14H22S. The third-order valence-corrected chi connectivity index (χ3v) is 3.33. The van der Waals surface area contributed by atoms with E-state index in [4.69, 9.17) is 0 Å². The molecule has 0 unspecified atom stereocenters. The molecule has 0 aliphatic carbocycles. The molecule has 0 aliphatic heterocycles. The van der Waals surface area contributed by atoms with E-state index in [9.17, 15) is 0 Å². The highest BCUT2D eigenvalue weighted by molar-refractivity contribution is 7.80. The molecule has 0 heterocycles. The largest absolute Gasteiger partial charge is 0.143 e. The average Bonchev–Trinajstić information content (AvgIpc) is 2.23. The van der Waals surface area contributed by atoms with Gasteiger partial charge in [0.15, 0.2) is 0 Å². The molecule has 15 heavy (non-hydrogen) atoms. The van der Waals surface area contributed by atoms with Crippen LogP contribution in [-0.2, 0) is 6.42 Å². The van der Waals surface area contributed by atoms with Gasteiger partial charge >= 0.3 is 0 Å². The van der Waals surface area contributed by atoms with E-state index in [1.54, 1.807) is 0 Å². The number of hydrogen-bond acceptors (Lipinski definition) is 1. The Morgan fingerprint density at radius 3 is 2.47 bits per heavy atom. The van der Waals surface area contributed by atoms with Crippen molar-refractivity contribution in [3.8, 4) is 0 Å². The van der Waals surface area contributed by atoms with Gasteiger partial charge in [0.05, 0.1) is 0 Å². The lowest BCUT2D eigenvalue weighted by Crippen LogP contribution is -1.88. The molecule has 84 valence electrons. The Morgan fingerprint density at radius 1 is 1.07 bits per heavy atom. The standard InChI is InChI=1S/C14H22S/c1-3-4-5-6-7-8-13-9-10-14(15)12(2)11-13/h9-11,15H,3-8H2,1-2H3. The second-order valence-corrected chi connectivity index (χ2v) is 4.77. The summed E-state index contributed by atoms with van der Waals surface area (Å²) in [7, 11) is 0. The minimum absolute atomic E-state index is 1.10. The Hall–Kier alpha value is -0.430. The summed E-state index contributed by atoms with van der Waals surface area (Å²) in [6.45, 7) is 4.39. The van der Waals surface area contributed by atoms with Gasteiger partial charge in [-0.3, -0.25) is 0 Å². The number of hydrogen-bond donors (Lipinski definition) is 1. The zero-order chi connectivity index (χ0) is 11.1. The smallest absolute Gasteiger partial charge is 0.00694 e. The lowest BCUT2D eigenvalue weighted by molar-refractivity contribution is 0.632. The number of benzene rings is 1. The van der Waals surface area contributed by atoms with Crippen LogP contribution in [0.2, 0.25) is 0 Å². The quantitative estimate of drug-likeness (QED) is 0.519. The molecule has 0 fully saturated rings. The van der Waals surface area contributed by atoms with Crippen molar-refractivity contribution in [1.29, 1.82) is 0 Å². The van der Waals surface area contributed by atoms with Crippen LogP contribution < -0.4 is 0 Å². The predicted octanol–water partition coefficient (Wildman–Crippen LogP) is 4.80. The van der Waals surface area contributed by atoms with Crippen molar-refractivity contribution in [2.45, 2.75) is 57.3 Å². The van der Waals surface area contributed by atoms with Crippen LogP contribution in [0.1, 0.15) is 50.2 Å². The Balaban J connectivity index is 2.28. The predicted molar refractivity (Wildman–Crippen MR) is 70.9 cm³/mol. The second-order valence-electron chi connectivity index (χ2n) is 4.29. The van der Waals surface area contributed by atoms with E-state index in [0.29, 0.717) is 0 Å². The normalized spacial score (nSPS) is 10.6. The Morgan fingerprint density at radius 2 is 1.80 bits per heavy atom. The van der Waals surface area contributed by atoms with E-state index < -0.39 is 0 Å². The van der Waals surface area contributed by atoms with Gasteiger partial charge in [-0.05, 0) is 37.0 Å². The number of rotatable bonds is 6. The van der Waals surface area contributed by atoms with Gasteiger partial charge in [-0.15, -0.1) is 12.6 Å². The molecule has 0 atom stereocenters. The first kappa shape index (κ1) is 12.6. The summed E-state index contributed by atoms with van der Waals surface area (Å²) in [5, 5.41) is 0. The number of unbranched alkanes of at least 4 members (excludes halogenated alkanes) is 4. The zero-order valence-corrected chi connectivity index (χ0v) is 10.8. The van der Waals surface area contributed by atoms with E-state index >= 15 is 0 Å².